The number of carbonyl (C=O) groups is 3. The number of unbranched alkanes of at least 4 members (excludes halogenated alkanes) is 1. The lowest BCUT2D eigenvalue weighted by molar-refractivity contribution is 0.0492. The number of pyridine rings is 4. The number of carboxylic acid groups (broad SMARTS) is 1. The fourth-order valence-corrected chi connectivity index (χ4v) is 12.3. The van der Waals surface area contributed by atoms with Gasteiger partial charge in [0.2, 0.25) is 5.43 Å². The first-order valence-corrected chi connectivity index (χ1v) is 29.5. The number of hydrogen-bond acceptors (Lipinski definition) is 16. The van der Waals surface area contributed by atoms with Crippen LogP contribution in [0.3, 0.4) is 0 Å². The van der Waals surface area contributed by atoms with Crippen LogP contribution in [0.25, 0.3) is 44.4 Å². The van der Waals surface area contributed by atoms with Gasteiger partial charge in [-0.25, -0.2) is 14.4 Å². The highest BCUT2D eigenvalue weighted by atomic mass is 35.5. The Hall–Kier alpha value is -9.33. The van der Waals surface area contributed by atoms with Crippen LogP contribution in [-0.2, 0) is 56.8 Å². The quantitative estimate of drug-likeness (QED) is 0.0262. The van der Waals surface area contributed by atoms with Gasteiger partial charge in [0, 0.05) is 122 Å². The van der Waals surface area contributed by atoms with Gasteiger partial charge in [0.1, 0.15) is 28.2 Å². The second-order valence-electron chi connectivity index (χ2n) is 21.7. The highest BCUT2D eigenvalue weighted by Crippen LogP contribution is 2.48. The fraction of sp³-hybridized carbons (Fsp3) is 0.239. The van der Waals surface area contributed by atoms with Crippen molar-refractivity contribution in [2.24, 2.45) is 0 Å². The largest absolute Gasteiger partial charge is 0.506 e. The number of benzene rings is 4. The maximum atomic E-state index is 14.8. The lowest BCUT2D eigenvalue weighted by atomic mass is 9.87. The van der Waals surface area contributed by atoms with E-state index in [0.29, 0.717) is 46.6 Å². The molecule has 0 unspecified atom stereocenters. The van der Waals surface area contributed by atoms with E-state index in [-0.39, 0.29) is 129 Å². The number of fused-ring (bicyclic) bond motifs is 4. The van der Waals surface area contributed by atoms with Crippen LogP contribution >= 0.6 is 23.2 Å². The minimum absolute atomic E-state index is 0.0171. The summed E-state index contributed by atoms with van der Waals surface area (Å²) in [7, 11) is 0. The Kier molecular flexibility index (Phi) is 17.2. The molecule has 0 atom stereocenters. The Morgan fingerprint density at radius 2 is 1.25 bits per heavy atom. The Morgan fingerprint density at radius 3 is 1.85 bits per heavy atom. The van der Waals surface area contributed by atoms with Gasteiger partial charge in [0.25, 0.3) is 5.91 Å². The lowest BCUT2D eigenvalue weighted by Crippen LogP contribution is -2.34. The number of carboxylic acids is 1. The van der Waals surface area contributed by atoms with Gasteiger partial charge in [-0.1, -0.05) is 47.5 Å². The molecule has 12 rings (SSSR count). The predicted octanol–water partition coefficient (Wildman–Crippen LogP) is 11.4. The summed E-state index contributed by atoms with van der Waals surface area (Å²) < 4.78 is 18.4. The van der Waals surface area contributed by atoms with E-state index < -0.39 is 28.9 Å². The van der Waals surface area contributed by atoms with Gasteiger partial charge in [0.05, 0.1) is 56.1 Å². The first kappa shape index (κ1) is 58.1. The zero-order valence-corrected chi connectivity index (χ0v) is 48.7. The Balaban J connectivity index is 0.883. The molecule has 0 saturated carbocycles. The molecule has 1 amide bonds. The number of amides is 1. The molecule has 3 aliphatic heterocycles. The van der Waals surface area contributed by atoms with Gasteiger partial charge in [-0.3, -0.25) is 39.3 Å². The highest BCUT2D eigenvalue weighted by Gasteiger charge is 2.32. The minimum atomic E-state index is -1.33. The Labute approximate surface area is 509 Å². The molecule has 0 saturated heterocycles. The maximum Gasteiger partial charge on any atom is 0.351 e. The van der Waals surface area contributed by atoms with E-state index in [9.17, 15) is 34.2 Å². The van der Waals surface area contributed by atoms with Crippen LogP contribution in [0.2, 0.25) is 10.0 Å². The van der Waals surface area contributed by atoms with Crippen molar-refractivity contribution in [1.29, 1.82) is 0 Å². The van der Waals surface area contributed by atoms with Crippen LogP contribution in [0.5, 0.6) is 5.75 Å². The predicted molar refractivity (Wildman–Crippen MR) is 329 cm³/mol. The van der Waals surface area contributed by atoms with Crippen molar-refractivity contribution in [3.63, 3.8) is 0 Å². The third-order valence-corrected chi connectivity index (χ3v) is 16.4. The maximum absolute atomic E-state index is 14.8. The summed E-state index contributed by atoms with van der Waals surface area (Å²) in [6.45, 7) is 3.03. The number of anilines is 1. The van der Waals surface area contributed by atoms with Gasteiger partial charge in [-0.15, -0.1) is 0 Å². The molecule has 440 valence electrons. The van der Waals surface area contributed by atoms with E-state index >= 15 is 0 Å². The SMILES string of the molecule is O=C(NCCCCOC(=O)c1cc2cc3c4c(c2oc1=O)CCCN4CCC3)c1ccc(C(=O)O)c(-c2c3cc(Cl)c(=O)c(CN(Cc4ccccn4)Cc4ccccn4)c-3oc3c(CN(Cc4ccccn4)Cc4ccccn4)c(O)c(Cl)cc23)c1. The third kappa shape index (κ3) is 12.5. The number of nitrogens with one attached hydrogen (secondary N) is 1. The molecule has 8 heterocycles. The molecule has 20 heteroatoms. The normalized spacial score (nSPS) is 12.9. The molecular formula is C67H58Cl2N8O10. The molecule has 0 spiro atoms. The van der Waals surface area contributed by atoms with Gasteiger partial charge in [0.15, 0.2) is 0 Å². The highest BCUT2D eigenvalue weighted by molar-refractivity contribution is 6.33. The van der Waals surface area contributed by atoms with Crippen molar-refractivity contribution in [2.75, 3.05) is 31.1 Å². The van der Waals surface area contributed by atoms with Crippen molar-refractivity contribution in [3.05, 3.63) is 232 Å². The van der Waals surface area contributed by atoms with E-state index in [2.05, 4.69) is 30.2 Å². The smallest absolute Gasteiger partial charge is 0.351 e. The number of ether oxygens (including phenoxy) is 1. The monoisotopic (exact) mass is 1200 g/mol. The van der Waals surface area contributed by atoms with E-state index in [4.69, 9.17) is 36.8 Å². The summed E-state index contributed by atoms with van der Waals surface area (Å²) in [5.41, 5.74) is 5.93. The number of nitrogens with zero attached hydrogens (tertiary/aromatic N) is 7. The molecule has 4 aliphatic rings. The number of phenolic OH excluding ortho intramolecular Hbond substituents is 1. The molecule has 87 heavy (non-hydrogen) atoms. The summed E-state index contributed by atoms with van der Waals surface area (Å²) in [6.07, 6.45) is 11.1. The average molecular weight is 1210 g/mol. The first-order chi connectivity index (χ1) is 42.3. The second kappa shape index (κ2) is 25.7. The van der Waals surface area contributed by atoms with Crippen molar-refractivity contribution >= 4 is 68.7 Å². The summed E-state index contributed by atoms with van der Waals surface area (Å²) >= 11 is 14.1. The molecule has 3 aromatic carbocycles. The number of aromatic carboxylic acids is 1. The van der Waals surface area contributed by atoms with Gasteiger partial charge in [-0.2, -0.15) is 0 Å². The molecule has 18 nitrogen and oxygen atoms in total. The van der Waals surface area contributed by atoms with Crippen LogP contribution in [0.1, 0.15) is 102 Å². The van der Waals surface area contributed by atoms with E-state index in [0.717, 1.165) is 50.0 Å². The minimum Gasteiger partial charge on any atom is -0.506 e. The second-order valence-corrected chi connectivity index (χ2v) is 22.6. The summed E-state index contributed by atoms with van der Waals surface area (Å²) in [5.74, 6) is -2.97. The van der Waals surface area contributed by atoms with Crippen LogP contribution in [0, 0.1) is 0 Å². The number of halogens is 2. The number of carbonyl (C=O) groups excluding carboxylic acids is 2. The van der Waals surface area contributed by atoms with Gasteiger partial charge >= 0.3 is 17.6 Å². The standard InChI is InChI=1S/C67H58Cl2N8O10/c68-55-32-50-57(49-30-41(19-20-47(49)65(81)82)64(80)74-25-9-10-28-85-66(83)52-31-42-29-40-13-11-26-77-27-12-18-48(58(40)77)61(42)87-67(52)84)51-33-56(69)60(79)54(39-76(36-45-16-3-7-23-72-45)37-46-17-4-8-24-73-46)63(51)86-62(50)53(59(55)78)38-75(34-43-14-1-5-21-70-43)35-44-15-2-6-22-71-44/h1-8,14-17,19-24,29-33,78H,9-13,18,25-28,34-39H2,(H,74,80)(H,81,82). The number of rotatable bonds is 21. The molecule has 0 bridgehead atoms. The fourth-order valence-electron chi connectivity index (χ4n) is 11.9. The van der Waals surface area contributed by atoms with E-state index in [1.54, 1.807) is 43.0 Å². The number of aromatic nitrogens is 4. The third-order valence-electron chi connectivity index (χ3n) is 15.8. The van der Waals surface area contributed by atoms with Crippen LogP contribution in [0.4, 0.5) is 5.69 Å². The number of esters is 1. The lowest BCUT2D eigenvalue weighted by Gasteiger charge is -2.37. The molecule has 8 aromatic rings. The van der Waals surface area contributed by atoms with E-state index in [1.807, 2.05) is 76.5 Å². The number of hydrogen-bond donors (Lipinski definition) is 3. The zero-order valence-electron chi connectivity index (χ0n) is 47.1. The summed E-state index contributed by atoms with van der Waals surface area (Å²) in [5, 5.41) is 26.8. The molecule has 1 aliphatic carbocycles. The zero-order chi connectivity index (χ0) is 60.1. The molecule has 0 radical (unpaired) electrons. The summed E-state index contributed by atoms with van der Waals surface area (Å²) in [6, 6.07) is 32.8. The first-order valence-electron chi connectivity index (χ1n) is 28.7. The van der Waals surface area contributed by atoms with Crippen LogP contribution < -0.4 is 21.3 Å². The van der Waals surface area contributed by atoms with E-state index in [1.165, 1.54) is 35.9 Å². The Bertz CT molecular complexity index is 4240. The summed E-state index contributed by atoms with van der Waals surface area (Å²) in [4.78, 5) is 93.8. The average Bonchev–Trinajstić information content (AvgIpc) is 0.759. The molecular weight excluding hydrogens is 1150 g/mol. The van der Waals surface area contributed by atoms with Crippen LogP contribution in [0.15, 0.2) is 158 Å². The van der Waals surface area contributed by atoms with Gasteiger partial charge < -0.3 is 34.0 Å². The van der Waals surface area contributed by atoms with Crippen molar-refractivity contribution < 1.29 is 38.2 Å². The number of aryl methyl sites for hydroxylation is 2. The molecule has 3 N–H and O–H groups in total. The molecule has 0 fully saturated rings. The number of phenols is 1. The van der Waals surface area contributed by atoms with Crippen molar-refractivity contribution in [2.45, 2.75) is 77.8 Å². The van der Waals surface area contributed by atoms with Crippen molar-refractivity contribution in [1.82, 2.24) is 35.1 Å². The molecule has 5 aromatic heterocycles. The van der Waals surface area contributed by atoms with Crippen molar-refractivity contribution in [3.8, 4) is 28.2 Å². The topological polar surface area (TPSA) is 235 Å². The number of aromatic hydroxyl groups is 1. The Morgan fingerprint density at radius 1 is 0.644 bits per heavy atom. The van der Waals surface area contributed by atoms with Crippen LogP contribution in [-0.4, -0.2) is 84.0 Å². The van der Waals surface area contributed by atoms with Gasteiger partial charge in [-0.05, 0) is 141 Å².